The SMILES string of the molecule is CC(C#N)S(=O)(=O)Nc1cc(F)cc([N+](=O)[O-])c1. The van der Waals surface area contributed by atoms with Crippen molar-refractivity contribution in [1.29, 1.82) is 5.26 Å². The van der Waals surface area contributed by atoms with Crippen LogP contribution in [0.25, 0.3) is 0 Å². The Morgan fingerprint density at radius 3 is 2.61 bits per heavy atom. The summed E-state index contributed by atoms with van der Waals surface area (Å²) in [6.07, 6.45) is 0. The molecule has 1 atom stereocenters. The first-order valence-electron chi connectivity index (χ1n) is 4.62. The van der Waals surface area contributed by atoms with Gasteiger partial charge < -0.3 is 0 Å². The fourth-order valence-electron chi connectivity index (χ4n) is 1.06. The van der Waals surface area contributed by atoms with E-state index in [9.17, 15) is 22.9 Å². The average Bonchev–Trinajstić information content (AvgIpc) is 2.26. The highest BCUT2D eigenvalue weighted by Crippen LogP contribution is 2.21. The van der Waals surface area contributed by atoms with Crippen molar-refractivity contribution in [1.82, 2.24) is 0 Å². The maximum Gasteiger partial charge on any atom is 0.274 e. The highest BCUT2D eigenvalue weighted by molar-refractivity contribution is 7.93. The van der Waals surface area contributed by atoms with E-state index in [1.54, 1.807) is 0 Å². The van der Waals surface area contributed by atoms with Crippen LogP contribution in [0.3, 0.4) is 0 Å². The van der Waals surface area contributed by atoms with E-state index in [1.165, 1.54) is 6.07 Å². The van der Waals surface area contributed by atoms with Crippen molar-refractivity contribution in [2.24, 2.45) is 0 Å². The van der Waals surface area contributed by atoms with Crippen LogP contribution < -0.4 is 4.72 Å². The smallest absolute Gasteiger partial charge is 0.274 e. The van der Waals surface area contributed by atoms with Gasteiger partial charge in [0.25, 0.3) is 5.69 Å². The molecular weight excluding hydrogens is 265 g/mol. The minimum atomic E-state index is -4.02. The van der Waals surface area contributed by atoms with Gasteiger partial charge in [-0.15, -0.1) is 0 Å². The van der Waals surface area contributed by atoms with Crippen LogP contribution >= 0.6 is 0 Å². The number of anilines is 1. The molecule has 9 heteroatoms. The molecule has 0 aliphatic rings. The third-order valence-electron chi connectivity index (χ3n) is 2.00. The van der Waals surface area contributed by atoms with Gasteiger partial charge in [-0.2, -0.15) is 5.26 Å². The van der Waals surface area contributed by atoms with Gasteiger partial charge in [0, 0.05) is 6.07 Å². The first kappa shape index (κ1) is 13.9. The number of nitriles is 1. The molecule has 0 bridgehead atoms. The van der Waals surface area contributed by atoms with Gasteiger partial charge in [-0.25, -0.2) is 12.8 Å². The first-order valence-corrected chi connectivity index (χ1v) is 6.17. The molecule has 0 aliphatic carbocycles. The van der Waals surface area contributed by atoms with E-state index >= 15 is 0 Å². The van der Waals surface area contributed by atoms with E-state index in [0.717, 1.165) is 19.1 Å². The van der Waals surface area contributed by atoms with Gasteiger partial charge in [-0.3, -0.25) is 14.8 Å². The largest absolute Gasteiger partial charge is 0.282 e. The monoisotopic (exact) mass is 273 g/mol. The second kappa shape index (κ2) is 4.97. The number of rotatable bonds is 4. The molecule has 0 amide bonds. The fourth-order valence-corrected chi connectivity index (χ4v) is 1.82. The topological polar surface area (TPSA) is 113 Å². The molecule has 1 aromatic rings. The summed E-state index contributed by atoms with van der Waals surface area (Å²) in [7, 11) is -4.02. The summed E-state index contributed by atoms with van der Waals surface area (Å²) in [4.78, 5) is 9.62. The predicted octanol–water partition coefficient (Wildman–Crippen LogP) is 1.39. The lowest BCUT2D eigenvalue weighted by molar-refractivity contribution is -0.385. The van der Waals surface area contributed by atoms with Crippen molar-refractivity contribution in [2.45, 2.75) is 12.2 Å². The zero-order valence-electron chi connectivity index (χ0n) is 9.12. The Morgan fingerprint density at radius 2 is 2.11 bits per heavy atom. The normalized spacial score (nSPS) is 12.5. The Hall–Kier alpha value is -2.21. The molecule has 0 aromatic heterocycles. The van der Waals surface area contributed by atoms with Crippen molar-refractivity contribution in [3.8, 4) is 6.07 Å². The summed E-state index contributed by atoms with van der Waals surface area (Å²) in [5, 5.41) is 17.6. The van der Waals surface area contributed by atoms with Gasteiger partial charge >= 0.3 is 0 Å². The Labute approximate surface area is 102 Å². The van der Waals surface area contributed by atoms with Gasteiger partial charge in [0.2, 0.25) is 10.0 Å². The molecule has 1 aromatic carbocycles. The average molecular weight is 273 g/mol. The van der Waals surface area contributed by atoms with Crippen molar-refractivity contribution in [3.05, 3.63) is 34.1 Å². The molecule has 0 aliphatic heterocycles. The van der Waals surface area contributed by atoms with E-state index in [2.05, 4.69) is 0 Å². The number of nitrogens with one attached hydrogen (secondary N) is 1. The van der Waals surface area contributed by atoms with Gasteiger partial charge in [0.05, 0.1) is 22.7 Å². The number of non-ortho nitro benzene ring substituents is 1. The van der Waals surface area contributed by atoms with Crippen LogP contribution in [0, 0.1) is 27.3 Å². The zero-order chi connectivity index (χ0) is 13.9. The molecule has 0 saturated carbocycles. The molecule has 0 radical (unpaired) electrons. The highest BCUT2D eigenvalue weighted by atomic mass is 32.2. The van der Waals surface area contributed by atoms with Crippen LogP contribution in [-0.2, 0) is 10.0 Å². The second-order valence-electron chi connectivity index (χ2n) is 3.37. The van der Waals surface area contributed by atoms with Crippen LogP contribution in [0.4, 0.5) is 15.8 Å². The number of benzene rings is 1. The Balaban J connectivity index is 3.14. The van der Waals surface area contributed by atoms with Crippen LogP contribution in [0.5, 0.6) is 0 Å². The number of halogens is 1. The number of nitrogens with zero attached hydrogens (tertiary/aromatic N) is 2. The zero-order valence-corrected chi connectivity index (χ0v) is 9.94. The molecule has 7 nitrogen and oxygen atoms in total. The summed E-state index contributed by atoms with van der Waals surface area (Å²) in [5.41, 5.74) is -0.888. The number of hydrogen-bond donors (Lipinski definition) is 1. The molecule has 0 spiro atoms. The second-order valence-corrected chi connectivity index (χ2v) is 5.37. The van der Waals surface area contributed by atoms with E-state index in [4.69, 9.17) is 5.26 Å². The highest BCUT2D eigenvalue weighted by Gasteiger charge is 2.21. The number of sulfonamides is 1. The Kier molecular flexibility index (Phi) is 3.82. The quantitative estimate of drug-likeness (QED) is 0.657. The van der Waals surface area contributed by atoms with Gasteiger partial charge in [-0.1, -0.05) is 0 Å². The minimum absolute atomic E-state index is 0.302. The summed E-state index contributed by atoms with van der Waals surface area (Å²) in [6, 6.07) is 3.81. The standard InChI is InChI=1S/C9H8FN3O4S/c1-6(5-11)18(16,17)12-8-2-7(10)3-9(4-8)13(14)15/h2-4,6,12H,1H3. The van der Waals surface area contributed by atoms with Gasteiger partial charge in [-0.05, 0) is 13.0 Å². The molecule has 1 N–H and O–H groups in total. The van der Waals surface area contributed by atoms with Crippen molar-refractivity contribution >= 4 is 21.4 Å². The summed E-state index contributed by atoms with van der Waals surface area (Å²) < 4.78 is 37.9. The minimum Gasteiger partial charge on any atom is -0.282 e. The molecule has 18 heavy (non-hydrogen) atoms. The predicted molar refractivity (Wildman–Crippen MR) is 60.7 cm³/mol. The summed E-state index contributed by atoms with van der Waals surface area (Å²) >= 11 is 0. The fraction of sp³-hybridized carbons (Fsp3) is 0.222. The van der Waals surface area contributed by atoms with E-state index < -0.39 is 31.7 Å². The lowest BCUT2D eigenvalue weighted by atomic mass is 10.3. The number of hydrogen-bond acceptors (Lipinski definition) is 5. The van der Waals surface area contributed by atoms with Crippen LogP contribution in [0.15, 0.2) is 18.2 Å². The van der Waals surface area contributed by atoms with E-state index in [1.807, 2.05) is 4.72 Å². The molecule has 1 unspecified atom stereocenters. The van der Waals surface area contributed by atoms with Crippen LogP contribution in [0.2, 0.25) is 0 Å². The molecular formula is C9H8FN3O4S. The van der Waals surface area contributed by atoms with E-state index in [-0.39, 0.29) is 5.69 Å². The van der Waals surface area contributed by atoms with E-state index in [0.29, 0.717) is 6.07 Å². The molecule has 96 valence electrons. The Bertz CT molecular complexity index is 623. The van der Waals surface area contributed by atoms with Gasteiger partial charge in [0.15, 0.2) is 5.25 Å². The summed E-state index contributed by atoms with van der Waals surface area (Å²) in [6.45, 7) is 1.13. The lowest BCUT2D eigenvalue weighted by Crippen LogP contribution is -2.23. The summed E-state index contributed by atoms with van der Waals surface area (Å²) in [5.74, 6) is -0.952. The molecule has 0 saturated heterocycles. The van der Waals surface area contributed by atoms with Crippen molar-refractivity contribution in [3.63, 3.8) is 0 Å². The first-order chi connectivity index (χ1) is 8.26. The van der Waals surface area contributed by atoms with Gasteiger partial charge in [0.1, 0.15) is 5.82 Å². The number of nitro benzene ring substituents is 1. The molecule has 0 fully saturated rings. The molecule has 1 rings (SSSR count). The maximum absolute atomic E-state index is 13.0. The lowest BCUT2D eigenvalue weighted by Gasteiger charge is -2.08. The van der Waals surface area contributed by atoms with Crippen molar-refractivity contribution < 1.29 is 17.7 Å². The maximum atomic E-state index is 13.0. The van der Waals surface area contributed by atoms with Crippen LogP contribution in [0.1, 0.15) is 6.92 Å². The van der Waals surface area contributed by atoms with Crippen molar-refractivity contribution in [2.75, 3.05) is 4.72 Å². The molecule has 0 heterocycles. The Morgan fingerprint density at radius 1 is 1.50 bits per heavy atom. The number of nitro groups is 1. The third-order valence-corrected chi connectivity index (χ3v) is 3.56. The van der Waals surface area contributed by atoms with Crippen LogP contribution in [-0.4, -0.2) is 18.6 Å². The third kappa shape index (κ3) is 3.14.